The van der Waals surface area contributed by atoms with Crippen molar-refractivity contribution < 1.29 is 19.0 Å². The predicted octanol–water partition coefficient (Wildman–Crippen LogP) is 1.51. The van der Waals surface area contributed by atoms with Crippen LogP contribution in [-0.2, 0) is 9.53 Å². The van der Waals surface area contributed by atoms with E-state index in [1.54, 1.807) is 13.2 Å². The molecule has 1 aromatic carbocycles. The zero-order valence-electron chi connectivity index (χ0n) is 12.8. The molecular weight excluding hydrogens is 284 g/mol. The number of carbonyl (C=O) groups excluding carboxylic acids is 1. The molecular formula is C16H22N2O4. The summed E-state index contributed by atoms with van der Waals surface area (Å²) in [6.07, 6.45) is 2.95. The van der Waals surface area contributed by atoms with Crippen LogP contribution in [0.1, 0.15) is 12.8 Å². The summed E-state index contributed by atoms with van der Waals surface area (Å²) in [5, 5.41) is 2.61. The Morgan fingerprint density at radius 2 is 2.05 bits per heavy atom. The molecule has 0 atom stereocenters. The van der Waals surface area contributed by atoms with E-state index in [9.17, 15) is 4.79 Å². The summed E-state index contributed by atoms with van der Waals surface area (Å²) in [5.74, 6) is 1.37. The summed E-state index contributed by atoms with van der Waals surface area (Å²) in [7, 11) is 1.60. The molecule has 1 aliphatic heterocycles. The lowest BCUT2D eigenvalue weighted by Crippen LogP contribution is -2.52. The maximum atomic E-state index is 10.5. The Hall–Kier alpha value is -1.79. The second-order valence-corrected chi connectivity index (χ2v) is 5.64. The van der Waals surface area contributed by atoms with Crippen molar-refractivity contribution in [2.75, 3.05) is 38.7 Å². The average Bonchev–Trinajstić information content (AvgIpc) is 2.52. The maximum Gasteiger partial charge on any atom is 0.211 e. The topological polar surface area (TPSA) is 60.0 Å². The highest BCUT2D eigenvalue weighted by Gasteiger charge is 2.36. The molecule has 6 heteroatoms. The Morgan fingerprint density at radius 1 is 1.27 bits per heavy atom. The van der Waals surface area contributed by atoms with Gasteiger partial charge in [0.25, 0.3) is 0 Å². The third-order valence-electron chi connectivity index (χ3n) is 4.31. The fraction of sp³-hybridized carbons (Fsp3) is 0.562. The van der Waals surface area contributed by atoms with Crippen LogP contribution in [0.25, 0.3) is 0 Å². The number of amides is 1. The van der Waals surface area contributed by atoms with Gasteiger partial charge in [0, 0.05) is 43.7 Å². The van der Waals surface area contributed by atoms with E-state index in [0.29, 0.717) is 23.9 Å². The van der Waals surface area contributed by atoms with Crippen molar-refractivity contribution in [3.8, 4) is 11.5 Å². The number of hydrogen-bond acceptors (Lipinski definition) is 5. The van der Waals surface area contributed by atoms with Crippen molar-refractivity contribution in [3.63, 3.8) is 0 Å². The van der Waals surface area contributed by atoms with Gasteiger partial charge in [-0.3, -0.25) is 9.69 Å². The number of morpholine rings is 1. The molecule has 1 saturated heterocycles. The minimum Gasteiger partial charge on any atom is -0.493 e. The molecule has 1 aromatic rings. The summed E-state index contributed by atoms with van der Waals surface area (Å²) in [4.78, 5) is 13.0. The normalized spacial score (nSPS) is 25.1. The van der Waals surface area contributed by atoms with E-state index in [0.717, 1.165) is 44.9 Å². The Kier molecular flexibility index (Phi) is 4.80. The predicted molar refractivity (Wildman–Crippen MR) is 82.5 cm³/mol. The monoisotopic (exact) mass is 306 g/mol. The number of ether oxygens (including phenoxy) is 3. The highest BCUT2D eigenvalue weighted by molar-refractivity contribution is 5.72. The molecule has 22 heavy (non-hydrogen) atoms. The molecule has 2 aliphatic rings. The zero-order chi connectivity index (χ0) is 15.4. The molecule has 120 valence electrons. The van der Waals surface area contributed by atoms with Gasteiger partial charge < -0.3 is 19.5 Å². The van der Waals surface area contributed by atoms with Crippen LogP contribution in [-0.4, -0.2) is 56.9 Å². The van der Waals surface area contributed by atoms with Crippen molar-refractivity contribution >= 4 is 12.1 Å². The van der Waals surface area contributed by atoms with Crippen molar-refractivity contribution in [1.82, 2.24) is 4.90 Å². The summed E-state index contributed by atoms with van der Waals surface area (Å²) in [5.41, 5.74) is 0.694. The number of benzene rings is 1. The highest BCUT2D eigenvalue weighted by Crippen LogP contribution is 2.35. The zero-order valence-corrected chi connectivity index (χ0v) is 12.8. The summed E-state index contributed by atoms with van der Waals surface area (Å²) in [6.45, 7) is 3.71. The van der Waals surface area contributed by atoms with E-state index < -0.39 is 0 Å². The Labute approximate surface area is 130 Å². The molecule has 0 aromatic heterocycles. The van der Waals surface area contributed by atoms with Crippen molar-refractivity contribution in [3.05, 3.63) is 18.2 Å². The second-order valence-electron chi connectivity index (χ2n) is 5.64. The van der Waals surface area contributed by atoms with Crippen LogP contribution in [0.3, 0.4) is 0 Å². The van der Waals surface area contributed by atoms with E-state index in [4.69, 9.17) is 14.2 Å². The summed E-state index contributed by atoms with van der Waals surface area (Å²) < 4.78 is 16.7. The van der Waals surface area contributed by atoms with Crippen LogP contribution >= 0.6 is 0 Å². The fourth-order valence-corrected chi connectivity index (χ4v) is 2.98. The standard InChI is InChI=1S/C16H22N2O4/c1-20-16-8-12(17-11-19)2-3-15(16)22-14-9-13(10-14)18-4-6-21-7-5-18/h2-3,8,11,13-14H,4-7,9-10H2,1H3,(H,17,19). The molecule has 0 bridgehead atoms. The first-order valence-corrected chi connectivity index (χ1v) is 7.67. The Bertz CT molecular complexity index is 511. The van der Waals surface area contributed by atoms with Crippen molar-refractivity contribution in [2.45, 2.75) is 25.0 Å². The first-order chi connectivity index (χ1) is 10.8. The van der Waals surface area contributed by atoms with Gasteiger partial charge in [0.2, 0.25) is 6.41 Å². The van der Waals surface area contributed by atoms with Crippen LogP contribution in [0.15, 0.2) is 18.2 Å². The lowest BCUT2D eigenvalue weighted by molar-refractivity contribution is -0.105. The minimum absolute atomic E-state index is 0.228. The third-order valence-corrected chi connectivity index (χ3v) is 4.31. The largest absolute Gasteiger partial charge is 0.493 e. The lowest BCUT2D eigenvalue weighted by Gasteiger charge is -2.44. The Morgan fingerprint density at radius 3 is 2.73 bits per heavy atom. The van der Waals surface area contributed by atoms with Gasteiger partial charge in [-0.25, -0.2) is 0 Å². The van der Waals surface area contributed by atoms with Gasteiger partial charge in [0.05, 0.1) is 20.3 Å². The van der Waals surface area contributed by atoms with Crippen LogP contribution in [0.5, 0.6) is 11.5 Å². The molecule has 0 spiro atoms. The van der Waals surface area contributed by atoms with Gasteiger partial charge in [0.15, 0.2) is 11.5 Å². The molecule has 1 saturated carbocycles. The lowest BCUT2D eigenvalue weighted by atomic mass is 9.87. The SMILES string of the molecule is COc1cc(NC=O)ccc1OC1CC(N2CCOCC2)C1. The average molecular weight is 306 g/mol. The number of anilines is 1. The first-order valence-electron chi connectivity index (χ1n) is 7.67. The number of rotatable bonds is 6. The van der Waals surface area contributed by atoms with Crippen molar-refractivity contribution in [1.29, 1.82) is 0 Å². The number of nitrogens with one attached hydrogen (secondary N) is 1. The van der Waals surface area contributed by atoms with Crippen LogP contribution < -0.4 is 14.8 Å². The van der Waals surface area contributed by atoms with E-state index in [1.807, 2.05) is 12.1 Å². The number of nitrogens with zero attached hydrogens (tertiary/aromatic N) is 1. The molecule has 3 rings (SSSR count). The minimum atomic E-state index is 0.228. The fourth-order valence-electron chi connectivity index (χ4n) is 2.98. The van der Waals surface area contributed by atoms with Gasteiger partial charge in [-0.15, -0.1) is 0 Å². The van der Waals surface area contributed by atoms with E-state index >= 15 is 0 Å². The quantitative estimate of drug-likeness (QED) is 0.807. The van der Waals surface area contributed by atoms with Crippen molar-refractivity contribution in [2.24, 2.45) is 0 Å². The summed E-state index contributed by atoms with van der Waals surface area (Å²) >= 11 is 0. The molecule has 6 nitrogen and oxygen atoms in total. The number of carbonyl (C=O) groups is 1. The smallest absolute Gasteiger partial charge is 0.211 e. The van der Waals surface area contributed by atoms with Crippen LogP contribution in [0.4, 0.5) is 5.69 Å². The molecule has 1 N–H and O–H groups in total. The van der Waals surface area contributed by atoms with E-state index in [2.05, 4.69) is 10.2 Å². The van der Waals surface area contributed by atoms with Crippen LogP contribution in [0.2, 0.25) is 0 Å². The summed E-state index contributed by atoms with van der Waals surface area (Å²) in [6, 6.07) is 6.02. The molecule has 1 aliphatic carbocycles. The van der Waals surface area contributed by atoms with Gasteiger partial charge in [0.1, 0.15) is 6.10 Å². The van der Waals surface area contributed by atoms with Gasteiger partial charge >= 0.3 is 0 Å². The number of methoxy groups -OCH3 is 1. The molecule has 2 fully saturated rings. The molecule has 0 unspecified atom stereocenters. The molecule has 1 amide bonds. The molecule has 1 heterocycles. The third kappa shape index (κ3) is 3.34. The molecule has 0 radical (unpaired) electrons. The van der Waals surface area contributed by atoms with E-state index in [1.165, 1.54) is 0 Å². The maximum absolute atomic E-state index is 10.5. The van der Waals surface area contributed by atoms with Gasteiger partial charge in [-0.1, -0.05) is 0 Å². The first kappa shape index (κ1) is 15.1. The second kappa shape index (κ2) is 6.98. The van der Waals surface area contributed by atoms with Crippen LogP contribution in [0, 0.1) is 0 Å². The van der Waals surface area contributed by atoms with E-state index in [-0.39, 0.29) is 6.10 Å². The number of hydrogen-bond donors (Lipinski definition) is 1. The highest BCUT2D eigenvalue weighted by atomic mass is 16.5. The Balaban J connectivity index is 1.54. The van der Waals surface area contributed by atoms with Gasteiger partial charge in [-0.2, -0.15) is 0 Å². The van der Waals surface area contributed by atoms with Gasteiger partial charge in [-0.05, 0) is 12.1 Å².